The van der Waals surface area contributed by atoms with Gasteiger partial charge in [-0.15, -0.1) is 0 Å². The summed E-state index contributed by atoms with van der Waals surface area (Å²) in [5.74, 6) is 0.278. The van der Waals surface area contributed by atoms with E-state index in [1.54, 1.807) is 12.1 Å². The summed E-state index contributed by atoms with van der Waals surface area (Å²) in [5, 5.41) is 11.1. The van der Waals surface area contributed by atoms with Gasteiger partial charge in [-0.1, -0.05) is 24.3 Å². The molecule has 0 saturated carbocycles. The summed E-state index contributed by atoms with van der Waals surface area (Å²) in [6.07, 6.45) is 0. The Morgan fingerprint density at radius 2 is 1.41 bits per heavy atom. The Balaban J connectivity index is 0.000000249. The molecule has 6 nitrogen and oxygen atoms in total. The first-order chi connectivity index (χ1) is 7.79. The van der Waals surface area contributed by atoms with Crippen LogP contribution in [0.2, 0.25) is 0 Å². The maximum atomic E-state index is 9.44. The lowest BCUT2D eigenvalue weighted by Crippen LogP contribution is -1.85. The Bertz CT molecular complexity index is 517. The average molecular weight is 257 g/mol. The van der Waals surface area contributed by atoms with Crippen molar-refractivity contribution >= 4 is 24.3 Å². The van der Waals surface area contributed by atoms with Crippen LogP contribution in [-0.2, 0) is 4.57 Å². The first kappa shape index (κ1) is 13.5. The van der Waals surface area contributed by atoms with E-state index < -0.39 is 7.82 Å². The zero-order chi connectivity index (χ0) is 13.1. The third kappa shape index (κ3) is 4.42. The second kappa shape index (κ2) is 5.16. The first-order valence-electron chi connectivity index (χ1n) is 4.53. The molecule has 0 amide bonds. The minimum absolute atomic E-state index is 0.278. The van der Waals surface area contributed by atoms with Crippen LogP contribution in [0.4, 0.5) is 5.69 Å². The predicted molar refractivity (Wildman–Crippen MR) is 64.3 cm³/mol. The molecule has 0 fully saturated rings. The Morgan fingerprint density at radius 3 is 1.88 bits per heavy atom. The Kier molecular flexibility index (Phi) is 4.09. The topological polar surface area (TPSA) is 124 Å². The van der Waals surface area contributed by atoms with E-state index in [0.717, 1.165) is 10.8 Å². The number of fused-ring (bicyclic) bond motifs is 1. The van der Waals surface area contributed by atoms with Gasteiger partial charge in [-0.3, -0.25) is 0 Å². The van der Waals surface area contributed by atoms with Gasteiger partial charge >= 0.3 is 7.82 Å². The average Bonchev–Trinajstić information content (AvgIpc) is 2.22. The lowest BCUT2D eigenvalue weighted by molar-refractivity contribution is 0.275. The molecular formula is C10H12NO5P. The third-order valence-corrected chi connectivity index (χ3v) is 1.93. The molecule has 0 aromatic heterocycles. The van der Waals surface area contributed by atoms with Crippen molar-refractivity contribution in [1.82, 2.24) is 0 Å². The van der Waals surface area contributed by atoms with Crippen LogP contribution in [0.1, 0.15) is 0 Å². The van der Waals surface area contributed by atoms with E-state index in [2.05, 4.69) is 0 Å². The number of benzene rings is 2. The van der Waals surface area contributed by atoms with Crippen molar-refractivity contribution in [3.8, 4) is 5.75 Å². The van der Waals surface area contributed by atoms with E-state index >= 15 is 0 Å². The van der Waals surface area contributed by atoms with Crippen molar-refractivity contribution in [2.24, 2.45) is 0 Å². The number of rotatable bonds is 0. The number of phenols is 1. The van der Waals surface area contributed by atoms with Gasteiger partial charge in [0.1, 0.15) is 5.75 Å². The van der Waals surface area contributed by atoms with Crippen molar-refractivity contribution in [2.75, 3.05) is 5.73 Å². The summed E-state index contributed by atoms with van der Waals surface area (Å²) in [7, 11) is -4.64. The number of phenolic OH excluding ortho intramolecular Hbond substituents is 1. The number of anilines is 1. The van der Waals surface area contributed by atoms with Gasteiger partial charge in [0.2, 0.25) is 0 Å². The normalized spacial score (nSPS) is 10.8. The van der Waals surface area contributed by atoms with Crippen LogP contribution in [0.25, 0.3) is 10.8 Å². The molecule has 6 N–H and O–H groups in total. The van der Waals surface area contributed by atoms with Gasteiger partial charge in [0.15, 0.2) is 0 Å². The van der Waals surface area contributed by atoms with E-state index in [9.17, 15) is 5.11 Å². The molecule has 0 aliphatic heterocycles. The lowest BCUT2D eigenvalue weighted by Gasteiger charge is -2.02. The maximum absolute atomic E-state index is 9.44. The largest absolute Gasteiger partial charge is 0.507 e. The molecule has 0 bridgehead atoms. The number of nitrogens with two attached hydrogens (primary N) is 1. The van der Waals surface area contributed by atoms with Crippen LogP contribution < -0.4 is 5.73 Å². The Hall–Kier alpha value is -1.59. The van der Waals surface area contributed by atoms with E-state index in [1.807, 2.05) is 24.3 Å². The van der Waals surface area contributed by atoms with Crippen molar-refractivity contribution in [2.45, 2.75) is 0 Å². The highest BCUT2D eigenvalue weighted by atomic mass is 31.2. The van der Waals surface area contributed by atoms with Gasteiger partial charge in [0.25, 0.3) is 0 Å². The molecule has 92 valence electrons. The van der Waals surface area contributed by atoms with Crippen LogP contribution in [0, 0.1) is 0 Å². The minimum Gasteiger partial charge on any atom is -0.507 e. The molecule has 7 heteroatoms. The maximum Gasteiger partial charge on any atom is 0.466 e. The highest BCUT2D eigenvalue weighted by molar-refractivity contribution is 7.45. The van der Waals surface area contributed by atoms with Crippen molar-refractivity contribution in [1.29, 1.82) is 0 Å². The van der Waals surface area contributed by atoms with Gasteiger partial charge in [-0.05, 0) is 12.1 Å². The minimum atomic E-state index is -4.64. The van der Waals surface area contributed by atoms with Gasteiger partial charge < -0.3 is 25.5 Å². The molecule has 0 heterocycles. The number of hydrogen-bond donors (Lipinski definition) is 5. The number of aromatic hydroxyl groups is 1. The highest BCUT2D eigenvalue weighted by Gasteiger charge is 2.00. The van der Waals surface area contributed by atoms with E-state index in [0.29, 0.717) is 5.69 Å². The quantitative estimate of drug-likeness (QED) is 0.274. The molecule has 17 heavy (non-hydrogen) atoms. The summed E-state index contributed by atoms with van der Waals surface area (Å²) in [6.45, 7) is 0. The SMILES string of the molecule is Nc1ccc(O)c2ccccc12.O=P(O)(O)O. The van der Waals surface area contributed by atoms with Crippen LogP contribution in [-0.4, -0.2) is 19.8 Å². The van der Waals surface area contributed by atoms with Gasteiger partial charge in [0.05, 0.1) is 0 Å². The number of nitrogen functional groups attached to an aromatic ring is 1. The molecule has 0 spiro atoms. The molecule has 2 aromatic carbocycles. The molecule has 2 aromatic rings. The molecule has 0 radical (unpaired) electrons. The smallest absolute Gasteiger partial charge is 0.466 e. The van der Waals surface area contributed by atoms with Crippen molar-refractivity contribution in [3.63, 3.8) is 0 Å². The van der Waals surface area contributed by atoms with Crippen LogP contribution in [0.15, 0.2) is 36.4 Å². The summed E-state index contributed by atoms with van der Waals surface area (Å²) >= 11 is 0. The number of phosphoric acid groups is 1. The summed E-state index contributed by atoms with van der Waals surface area (Å²) in [5.41, 5.74) is 6.41. The number of hydrogen-bond acceptors (Lipinski definition) is 3. The fourth-order valence-electron chi connectivity index (χ4n) is 1.31. The summed E-state index contributed by atoms with van der Waals surface area (Å²) in [4.78, 5) is 21.6. The zero-order valence-electron chi connectivity index (χ0n) is 8.69. The fraction of sp³-hybridized carbons (Fsp3) is 0. The molecule has 0 atom stereocenters. The van der Waals surface area contributed by atoms with Gasteiger partial charge in [-0.25, -0.2) is 4.57 Å². The van der Waals surface area contributed by atoms with Crippen LogP contribution in [0.5, 0.6) is 5.75 Å². The standard InChI is InChI=1S/C10H9NO.H3O4P/c11-9-5-6-10(12)8-4-2-1-3-7(8)9;1-5(2,3)4/h1-6,12H,11H2;(H3,1,2,3,4). The van der Waals surface area contributed by atoms with Crippen molar-refractivity contribution in [3.05, 3.63) is 36.4 Å². The highest BCUT2D eigenvalue weighted by Crippen LogP contribution is 2.28. The van der Waals surface area contributed by atoms with Crippen molar-refractivity contribution < 1.29 is 24.4 Å². The monoisotopic (exact) mass is 257 g/mol. The summed E-state index contributed by atoms with van der Waals surface area (Å²) < 4.78 is 8.88. The van der Waals surface area contributed by atoms with Gasteiger partial charge in [-0.2, -0.15) is 0 Å². The zero-order valence-corrected chi connectivity index (χ0v) is 9.58. The Morgan fingerprint density at radius 1 is 0.941 bits per heavy atom. The Labute approximate surface area is 97.2 Å². The molecule has 0 unspecified atom stereocenters. The lowest BCUT2D eigenvalue weighted by atomic mass is 10.1. The molecule has 0 aliphatic rings. The van der Waals surface area contributed by atoms with Crippen LogP contribution in [0.3, 0.4) is 0 Å². The van der Waals surface area contributed by atoms with E-state index in [-0.39, 0.29) is 5.75 Å². The van der Waals surface area contributed by atoms with E-state index in [1.165, 1.54) is 0 Å². The van der Waals surface area contributed by atoms with E-state index in [4.69, 9.17) is 25.0 Å². The van der Waals surface area contributed by atoms with Gasteiger partial charge in [0, 0.05) is 16.5 Å². The third-order valence-electron chi connectivity index (χ3n) is 1.93. The fourth-order valence-corrected chi connectivity index (χ4v) is 1.31. The molecule has 0 saturated heterocycles. The first-order valence-corrected chi connectivity index (χ1v) is 6.10. The molecule has 2 rings (SSSR count). The van der Waals surface area contributed by atoms with Crippen LogP contribution >= 0.6 is 7.82 Å². The predicted octanol–water partition coefficient (Wildman–Crippen LogP) is 1.20. The summed E-state index contributed by atoms with van der Waals surface area (Å²) in [6, 6.07) is 10.8. The molecular weight excluding hydrogens is 245 g/mol. The molecule has 0 aliphatic carbocycles. The second-order valence-corrected chi connectivity index (χ2v) is 4.26. The second-order valence-electron chi connectivity index (χ2n) is 3.23.